The Bertz CT molecular complexity index is 903. The minimum atomic E-state index is -4.68. The number of rotatable bonds is 4. The van der Waals surface area contributed by atoms with Crippen LogP contribution in [0.4, 0.5) is 5.82 Å². The lowest BCUT2D eigenvalue weighted by Gasteiger charge is -2.24. The van der Waals surface area contributed by atoms with E-state index in [4.69, 9.17) is 27.1 Å². The van der Waals surface area contributed by atoms with Crippen LogP contribution in [-0.2, 0) is 9.09 Å². The van der Waals surface area contributed by atoms with Gasteiger partial charge in [-0.1, -0.05) is 0 Å². The van der Waals surface area contributed by atoms with Gasteiger partial charge in [-0.25, -0.2) is 9.55 Å². The van der Waals surface area contributed by atoms with Gasteiger partial charge in [-0.3, -0.25) is 4.52 Å². The number of nitrogens with zero attached hydrogens (tertiary/aromatic N) is 4. The first kappa shape index (κ1) is 17.1. The molecule has 0 bridgehead atoms. The molecule has 2 aliphatic rings. The Hall–Kier alpha value is -1.33. The van der Waals surface area contributed by atoms with E-state index in [1.54, 1.807) is 4.57 Å². The maximum atomic E-state index is 11.0. The molecule has 0 spiro atoms. The maximum Gasteiger partial charge on any atom is 0.469 e. The summed E-state index contributed by atoms with van der Waals surface area (Å²) in [4.78, 5) is 29.8. The molecule has 0 aromatic carbocycles. The Morgan fingerprint density at radius 1 is 1.44 bits per heavy atom. The van der Waals surface area contributed by atoms with Crippen LogP contribution >= 0.6 is 19.4 Å². The molecule has 6 N–H and O–H groups in total. The molecule has 13 heteroatoms. The summed E-state index contributed by atoms with van der Waals surface area (Å²) < 4.78 is 17.1. The third kappa shape index (κ3) is 2.55. The maximum absolute atomic E-state index is 11.0. The molecule has 2 heterocycles. The first-order chi connectivity index (χ1) is 11.6. The van der Waals surface area contributed by atoms with Crippen molar-refractivity contribution in [2.75, 3.05) is 12.3 Å². The highest BCUT2D eigenvalue weighted by atomic mass is 35.5. The smallest absolute Gasteiger partial charge is 0.390 e. The van der Waals surface area contributed by atoms with Crippen molar-refractivity contribution in [1.29, 1.82) is 0 Å². The largest absolute Gasteiger partial charge is 0.469 e. The number of nitrogen functional groups attached to an aromatic ring is 1. The quantitative estimate of drug-likeness (QED) is 0.335. The number of aliphatic hydroxyl groups excluding tert-OH is 2. The molecule has 2 aromatic rings. The van der Waals surface area contributed by atoms with Crippen LogP contribution in [0, 0.1) is 11.3 Å². The fourth-order valence-electron chi connectivity index (χ4n) is 3.86. The minimum Gasteiger partial charge on any atom is -0.390 e. The number of hydrogen-bond acceptors (Lipinski definition) is 8. The highest BCUT2D eigenvalue weighted by Gasteiger charge is 2.72. The molecule has 0 amide bonds. The van der Waals surface area contributed by atoms with Gasteiger partial charge in [0.15, 0.2) is 11.5 Å². The lowest BCUT2D eigenvalue weighted by atomic mass is 10.0. The number of phosphoric ester groups is 1. The van der Waals surface area contributed by atoms with Crippen LogP contribution in [0.5, 0.6) is 0 Å². The monoisotopic (exact) mass is 391 g/mol. The second kappa shape index (κ2) is 5.34. The summed E-state index contributed by atoms with van der Waals surface area (Å²) in [5.74, 6) is -0.176. The van der Waals surface area contributed by atoms with Crippen molar-refractivity contribution in [3.63, 3.8) is 0 Å². The zero-order valence-electron chi connectivity index (χ0n) is 12.6. The average molecular weight is 392 g/mol. The van der Waals surface area contributed by atoms with Gasteiger partial charge in [0, 0.05) is 5.41 Å². The van der Waals surface area contributed by atoms with Crippen LogP contribution in [0.1, 0.15) is 12.5 Å². The van der Waals surface area contributed by atoms with Gasteiger partial charge in [-0.2, -0.15) is 9.97 Å². The normalized spacial score (nSPS) is 34.4. The molecule has 2 aliphatic carbocycles. The van der Waals surface area contributed by atoms with E-state index in [9.17, 15) is 14.8 Å². The number of anilines is 1. The van der Waals surface area contributed by atoms with Gasteiger partial charge in [-0.15, -0.1) is 0 Å². The predicted octanol–water partition coefficient (Wildman–Crippen LogP) is -0.546. The lowest BCUT2D eigenvalue weighted by molar-refractivity contribution is -0.0297. The van der Waals surface area contributed by atoms with E-state index in [0.717, 1.165) is 0 Å². The first-order valence-electron chi connectivity index (χ1n) is 7.36. The molecule has 5 atom stereocenters. The van der Waals surface area contributed by atoms with Crippen molar-refractivity contribution in [3.8, 4) is 0 Å². The molecule has 2 fully saturated rings. The second-order valence-corrected chi connectivity index (χ2v) is 8.01. The Balaban J connectivity index is 1.70. The SMILES string of the molecule is Nc1nc(Cl)nc2c1ncn2C1C(O)C(O)[C@]2(COP(=O)(O)O)CC12. The van der Waals surface area contributed by atoms with Crippen LogP contribution in [0.3, 0.4) is 0 Å². The fraction of sp³-hybridized carbons (Fsp3) is 0.583. The number of aliphatic hydroxyl groups is 2. The number of nitrogens with two attached hydrogens (primary N) is 1. The van der Waals surface area contributed by atoms with E-state index >= 15 is 0 Å². The average Bonchev–Trinajstić information content (AvgIpc) is 3.01. The molecule has 4 unspecified atom stereocenters. The van der Waals surface area contributed by atoms with E-state index in [2.05, 4.69) is 19.5 Å². The molecule has 0 saturated heterocycles. The summed E-state index contributed by atoms with van der Waals surface area (Å²) in [6.07, 6.45) is -0.540. The molecule has 11 nitrogen and oxygen atoms in total. The van der Waals surface area contributed by atoms with Crippen LogP contribution in [0.25, 0.3) is 11.2 Å². The number of halogens is 1. The minimum absolute atomic E-state index is 0.0771. The van der Waals surface area contributed by atoms with E-state index < -0.39 is 31.5 Å². The summed E-state index contributed by atoms with van der Waals surface area (Å²) >= 11 is 5.84. The van der Waals surface area contributed by atoms with Gasteiger partial charge in [0.2, 0.25) is 5.28 Å². The van der Waals surface area contributed by atoms with Gasteiger partial charge in [0.05, 0.1) is 25.1 Å². The Kier molecular flexibility index (Phi) is 3.65. The topological polar surface area (TPSA) is 177 Å². The fourth-order valence-corrected chi connectivity index (χ4v) is 4.44. The van der Waals surface area contributed by atoms with Crippen LogP contribution < -0.4 is 5.73 Å². The highest BCUT2D eigenvalue weighted by Crippen LogP contribution is 2.68. The molecule has 4 rings (SSSR count). The molecule has 136 valence electrons. The standard InChI is InChI=1S/C12H15ClN5O6P/c13-11-16-9(14)5-10(17-11)18(3-15-5)6-4-1-12(4,8(20)7(6)19)2-24-25(21,22)23/h3-4,6-8,19-20H,1-2H2,(H2,14,16,17)(H2,21,22,23)/t4?,6?,7?,8?,12-/m0/s1. The number of imidazole rings is 1. The van der Waals surface area contributed by atoms with Gasteiger partial charge < -0.3 is 30.3 Å². The van der Waals surface area contributed by atoms with Crippen molar-refractivity contribution in [2.45, 2.75) is 24.7 Å². The second-order valence-electron chi connectivity index (χ2n) is 6.44. The van der Waals surface area contributed by atoms with Crippen molar-refractivity contribution in [3.05, 3.63) is 11.6 Å². The summed E-state index contributed by atoms with van der Waals surface area (Å²) in [7, 11) is -4.68. The van der Waals surface area contributed by atoms with Crippen LogP contribution in [0.2, 0.25) is 5.28 Å². The number of fused-ring (bicyclic) bond motifs is 2. The summed E-state index contributed by atoms with van der Waals surface area (Å²) in [6.45, 7) is -0.360. The van der Waals surface area contributed by atoms with Gasteiger partial charge >= 0.3 is 7.82 Å². The molecule has 0 aliphatic heterocycles. The molecular weight excluding hydrogens is 377 g/mol. The summed E-state index contributed by atoms with van der Waals surface area (Å²) in [6, 6.07) is -0.606. The van der Waals surface area contributed by atoms with E-state index in [1.165, 1.54) is 6.33 Å². The van der Waals surface area contributed by atoms with E-state index in [1.807, 2.05) is 0 Å². The third-order valence-corrected chi connectivity index (χ3v) is 5.73. The Morgan fingerprint density at radius 3 is 2.84 bits per heavy atom. The lowest BCUT2D eigenvalue weighted by Crippen LogP contribution is -2.35. The molecule has 2 saturated carbocycles. The number of phosphoric acid groups is 1. The van der Waals surface area contributed by atoms with Gasteiger partial charge in [0.1, 0.15) is 11.6 Å². The summed E-state index contributed by atoms with van der Waals surface area (Å²) in [5, 5.41) is 20.8. The van der Waals surface area contributed by atoms with Gasteiger partial charge in [0.25, 0.3) is 0 Å². The van der Waals surface area contributed by atoms with Gasteiger partial charge in [-0.05, 0) is 23.9 Å². The molecule has 2 aromatic heterocycles. The molecular formula is C12H15ClN5O6P. The van der Waals surface area contributed by atoms with E-state index in [-0.39, 0.29) is 23.6 Å². The zero-order valence-corrected chi connectivity index (χ0v) is 14.2. The van der Waals surface area contributed by atoms with Crippen molar-refractivity contribution in [1.82, 2.24) is 19.5 Å². The Labute approximate surface area is 145 Å². The van der Waals surface area contributed by atoms with Crippen LogP contribution in [-0.4, -0.2) is 58.3 Å². The summed E-state index contributed by atoms with van der Waals surface area (Å²) in [5.41, 5.74) is 5.47. The third-order valence-electron chi connectivity index (χ3n) is 5.10. The Morgan fingerprint density at radius 2 is 2.16 bits per heavy atom. The highest BCUT2D eigenvalue weighted by molar-refractivity contribution is 7.46. The number of aromatic nitrogens is 4. The number of hydrogen-bond donors (Lipinski definition) is 5. The van der Waals surface area contributed by atoms with Crippen molar-refractivity contribution < 1.29 is 29.1 Å². The molecule has 0 radical (unpaired) electrons. The first-order valence-corrected chi connectivity index (χ1v) is 9.27. The van der Waals surface area contributed by atoms with Crippen molar-refractivity contribution >= 4 is 36.4 Å². The molecule has 25 heavy (non-hydrogen) atoms. The van der Waals surface area contributed by atoms with E-state index in [0.29, 0.717) is 17.6 Å². The van der Waals surface area contributed by atoms with Crippen molar-refractivity contribution in [2.24, 2.45) is 11.3 Å². The predicted molar refractivity (Wildman–Crippen MR) is 84.3 cm³/mol. The van der Waals surface area contributed by atoms with Crippen LogP contribution in [0.15, 0.2) is 6.33 Å². The zero-order chi connectivity index (χ0) is 18.1.